The van der Waals surface area contributed by atoms with Gasteiger partial charge in [-0.3, -0.25) is 4.79 Å². The van der Waals surface area contributed by atoms with Gasteiger partial charge in [-0.25, -0.2) is 4.98 Å². The van der Waals surface area contributed by atoms with Crippen molar-refractivity contribution in [3.05, 3.63) is 11.1 Å². The van der Waals surface area contributed by atoms with Crippen LogP contribution in [0.4, 0.5) is 5.13 Å². The number of thiazole rings is 1. The molecule has 1 rings (SSSR count). The van der Waals surface area contributed by atoms with E-state index in [4.69, 9.17) is 5.73 Å². The fourth-order valence-electron chi connectivity index (χ4n) is 0.775. The number of anilines is 1. The molecule has 13 heavy (non-hydrogen) atoms. The summed E-state index contributed by atoms with van der Waals surface area (Å²) in [7, 11) is 1.47. The van der Waals surface area contributed by atoms with E-state index >= 15 is 0 Å². The Labute approximate surface area is 79.9 Å². The second-order valence-electron chi connectivity index (χ2n) is 2.39. The Hall–Kier alpha value is -1.14. The molecule has 0 radical (unpaired) electrons. The van der Waals surface area contributed by atoms with Crippen LogP contribution in [0.2, 0.25) is 0 Å². The van der Waals surface area contributed by atoms with Gasteiger partial charge in [0.15, 0.2) is 5.13 Å². The number of rotatable bonds is 4. The lowest BCUT2D eigenvalue weighted by Crippen LogP contribution is -2.26. The van der Waals surface area contributed by atoms with Crippen LogP contribution in [0.15, 0.2) is 5.38 Å². The highest BCUT2D eigenvalue weighted by Gasteiger charge is 2.02. The summed E-state index contributed by atoms with van der Waals surface area (Å²) in [4.78, 5) is 14.9. The number of aromatic nitrogens is 1. The number of nitrogens with zero attached hydrogens (tertiary/aromatic N) is 1. The number of nitrogens with one attached hydrogen (secondary N) is 1. The molecule has 72 valence electrons. The zero-order valence-electron chi connectivity index (χ0n) is 7.24. The van der Waals surface area contributed by atoms with Gasteiger partial charge in [0.25, 0.3) is 0 Å². The van der Waals surface area contributed by atoms with E-state index in [9.17, 15) is 4.79 Å². The van der Waals surface area contributed by atoms with E-state index in [1.54, 1.807) is 0 Å². The van der Waals surface area contributed by atoms with Crippen LogP contribution in [0.1, 0.15) is 5.69 Å². The molecule has 0 aromatic carbocycles. The molecule has 6 heteroatoms. The Morgan fingerprint density at radius 1 is 1.85 bits per heavy atom. The highest BCUT2D eigenvalue weighted by Crippen LogP contribution is 2.10. The van der Waals surface area contributed by atoms with Gasteiger partial charge in [0.05, 0.1) is 12.2 Å². The monoisotopic (exact) mass is 201 g/mol. The molecule has 5 nitrogen and oxygen atoms in total. The third-order valence-electron chi connectivity index (χ3n) is 1.31. The molecule has 1 amide bonds. The number of amides is 1. The molecule has 0 unspecified atom stereocenters. The highest BCUT2D eigenvalue weighted by atomic mass is 32.1. The van der Waals surface area contributed by atoms with Gasteiger partial charge in [-0.1, -0.05) is 0 Å². The summed E-state index contributed by atoms with van der Waals surface area (Å²) in [6.07, 6.45) is 0. The Morgan fingerprint density at radius 2 is 2.62 bits per heavy atom. The summed E-state index contributed by atoms with van der Waals surface area (Å²) in [5, 5.41) is 4.96. The predicted molar refractivity (Wildman–Crippen MR) is 50.2 cm³/mol. The minimum atomic E-state index is -0.158. The van der Waals surface area contributed by atoms with E-state index in [2.05, 4.69) is 15.0 Å². The van der Waals surface area contributed by atoms with Crippen molar-refractivity contribution in [2.75, 3.05) is 19.5 Å². The van der Waals surface area contributed by atoms with Gasteiger partial charge in [-0.2, -0.15) is 0 Å². The van der Waals surface area contributed by atoms with Crippen molar-refractivity contribution < 1.29 is 9.53 Å². The topological polar surface area (TPSA) is 77.2 Å². The average Bonchev–Trinajstić information content (AvgIpc) is 2.49. The molecule has 0 bridgehead atoms. The summed E-state index contributed by atoms with van der Waals surface area (Å²) in [6, 6.07) is 0. The van der Waals surface area contributed by atoms with Gasteiger partial charge in [-0.05, 0) is 0 Å². The maximum absolute atomic E-state index is 10.9. The fourth-order valence-corrected chi connectivity index (χ4v) is 1.34. The molecular formula is C7H11N3O2S. The molecule has 1 aromatic heterocycles. The van der Waals surface area contributed by atoms with Crippen LogP contribution >= 0.6 is 11.3 Å². The molecular weight excluding hydrogens is 190 g/mol. The molecule has 0 saturated heterocycles. The van der Waals surface area contributed by atoms with Gasteiger partial charge >= 0.3 is 0 Å². The van der Waals surface area contributed by atoms with E-state index in [0.29, 0.717) is 11.7 Å². The first-order valence-electron chi connectivity index (χ1n) is 3.68. The highest BCUT2D eigenvalue weighted by molar-refractivity contribution is 7.13. The van der Waals surface area contributed by atoms with Crippen LogP contribution in [0.25, 0.3) is 0 Å². The first kappa shape index (κ1) is 9.94. The van der Waals surface area contributed by atoms with E-state index in [1.165, 1.54) is 18.4 Å². The molecule has 1 aromatic rings. The maximum atomic E-state index is 10.9. The Balaban J connectivity index is 2.30. The Morgan fingerprint density at radius 3 is 3.15 bits per heavy atom. The van der Waals surface area contributed by atoms with Crippen molar-refractivity contribution in [1.29, 1.82) is 0 Å². The minimum absolute atomic E-state index is 0.0691. The van der Waals surface area contributed by atoms with Gasteiger partial charge in [0.2, 0.25) is 5.91 Å². The lowest BCUT2D eigenvalue weighted by molar-refractivity contribution is -0.124. The Kier molecular flexibility index (Phi) is 3.66. The summed E-state index contributed by atoms with van der Waals surface area (Å²) in [6.45, 7) is 0.468. The lowest BCUT2D eigenvalue weighted by Gasteiger charge is -2.00. The van der Waals surface area contributed by atoms with Crippen molar-refractivity contribution in [1.82, 2.24) is 10.3 Å². The first-order valence-corrected chi connectivity index (χ1v) is 4.56. The normalized spacial score (nSPS) is 9.92. The standard InChI is InChI=1S/C7H11N3O2S/c1-12-3-6(11)9-2-5-4-13-7(8)10-5/h4H,2-3H2,1H3,(H2,8,10)(H,9,11). The van der Waals surface area contributed by atoms with Gasteiger partial charge < -0.3 is 15.8 Å². The summed E-state index contributed by atoms with van der Waals surface area (Å²) in [5.74, 6) is -0.158. The molecule has 0 aliphatic heterocycles. The number of hydrogen-bond acceptors (Lipinski definition) is 5. The van der Waals surface area contributed by atoms with Crippen molar-refractivity contribution in [3.63, 3.8) is 0 Å². The second kappa shape index (κ2) is 4.78. The summed E-state index contributed by atoms with van der Waals surface area (Å²) >= 11 is 1.35. The number of carbonyl (C=O) groups excluding carboxylic acids is 1. The zero-order valence-corrected chi connectivity index (χ0v) is 8.06. The average molecular weight is 201 g/mol. The van der Waals surface area contributed by atoms with Crippen LogP contribution in [0.3, 0.4) is 0 Å². The zero-order chi connectivity index (χ0) is 9.68. The number of carbonyl (C=O) groups is 1. The van der Waals surface area contributed by atoms with Gasteiger partial charge in [0.1, 0.15) is 6.61 Å². The quantitative estimate of drug-likeness (QED) is 0.718. The van der Waals surface area contributed by atoms with Crippen molar-refractivity contribution in [2.24, 2.45) is 0 Å². The van der Waals surface area contributed by atoms with Crippen LogP contribution in [-0.4, -0.2) is 24.6 Å². The van der Waals surface area contributed by atoms with Crippen molar-refractivity contribution in [3.8, 4) is 0 Å². The number of methoxy groups -OCH3 is 1. The molecule has 0 fully saturated rings. The van der Waals surface area contributed by atoms with Gasteiger partial charge in [-0.15, -0.1) is 11.3 Å². The molecule has 0 spiro atoms. The predicted octanol–water partition coefficient (Wildman–Crippen LogP) is -0.0121. The molecule has 0 saturated carbocycles. The summed E-state index contributed by atoms with van der Waals surface area (Å²) < 4.78 is 4.64. The number of nitrogens with two attached hydrogens (primary N) is 1. The number of nitrogen functional groups attached to an aromatic ring is 1. The Bertz CT molecular complexity index is 287. The third-order valence-corrected chi connectivity index (χ3v) is 2.03. The molecule has 3 N–H and O–H groups in total. The van der Waals surface area contributed by atoms with Crippen LogP contribution in [0.5, 0.6) is 0 Å². The van der Waals surface area contributed by atoms with Crippen molar-refractivity contribution >= 4 is 22.4 Å². The fraction of sp³-hybridized carbons (Fsp3) is 0.429. The van der Waals surface area contributed by atoms with Crippen molar-refractivity contribution in [2.45, 2.75) is 6.54 Å². The van der Waals surface area contributed by atoms with Crippen LogP contribution in [-0.2, 0) is 16.1 Å². The van der Waals surface area contributed by atoms with E-state index in [0.717, 1.165) is 5.69 Å². The first-order chi connectivity index (χ1) is 6.22. The smallest absolute Gasteiger partial charge is 0.246 e. The molecule has 1 heterocycles. The summed E-state index contributed by atoms with van der Waals surface area (Å²) in [5.41, 5.74) is 6.18. The SMILES string of the molecule is COCC(=O)NCc1csc(N)n1. The number of hydrogen-bond donors (Lipinski definition) is 2. The third kappa shape index (κ3) is 3.39. The van der Waals surface area contributed by atoms with Crippen LogP contribution < -0.4 is 11.1 Å². The molecule has 0 aliphatic rings. The number of ether oxygens (including phenoxy) is 1. The lowest BCUT2D eigenvalue weighted by atomic mass is 10.5. The van der Waals surface area contributed by atoms with E-state index in [1.807, 2.05) is 5.38 Å². The van der Waals surface area contributed by atoms with Crippen LogP contribution in [0, 0.1) is 0 Å². The second-order valence-corrected chi connectivity index (χ2v) is 3.28. The minimum Gasteiger partial charge on any atom is -0.375 e. The van der Waals surface area contributed by atoms with E-state index < -0.39 is 0 Å². The molecule has 0 atom stereocenters. The van der Waals surface area contributed by atoms with E-state index in [-0.39, 0.29) is 12.5 Å². The largest absolute Gasteiger partial charge is 0.375 e. The van der Waals surface area contributed by atoms with Gasteiger partial charge in [0, 0.05) is 12.5 Å². The molecule has 0 aliphatic carbocycles. The maximum Gasteiger partial charge on any atom is 0.246 e.